The fraction of sp³-hybridized carbons (Fsp3) is 0.647. The molecule has 0 bridgehead atoms. The molecule has 1 N–H and O–H groups in total. The molecule has 0 amide bonds. The molecule has 1 aliphatic heterocycles. The maximum absolute atomic E-state index is 10.0. The maximum atomic E-state index is 10.0. The Morgan fingerprint density at radius 2 is 1.71 bits per heavy atom. The lowest BCUT2D eigenvalue weighted by molar-refractivity contribution is -0.00900. The molecular weight excluding hydrogens is 351 g/mol. The van der Waals surface area contributed by atoms with Crippen molar-refractivity contribution in [1.29, 1.82) is 0 Å². The Balaban J connectivity index is 0.00000264. The molecule has 0 aliphatic carbocycles. The second kappa shape index (κ2) is 11.8. The minimum atomic E-state index is -0.416. The number of hydrogen-bond donors (Lipinski definition) is 1. The van der Waals surface area contributed by atoms with Crippen molar-refractivity contribution >= 4 is 30.5 Å². The molecule has 1 fully saturated rings. The van der Waals surface area contributed by atoms with Crippen LogP contribution in [0.15, 0.2) is 24.3 Å². The minimum absolute atomic E-state index is 0. The van der Waals surface area contributed by atoms with Crippen LogP contribution in [0.5, 0.6) is 5.75 Å². The molecule has 1 saturated heterocycles. The number of halogens is 2. The first-order chi connectivity index (χ1) is 10.6. The van der Waals surface area contributed by atoms with Gasteiger partial charge in [0.2, 0.25) is 0 Å². The average Bonchev–Trinajstić information content (AvgIpc) is 2.53. The van der Waals surface area contributed by atoms with E-state index >= 15 is 0 Å². The monoisotopic (exact) mass is 380 g/mol. The molecule has 1 aromatic carbocycles. The van der Waals surface area contributed by atoms with E-state index in [9.17, 15) is 5.11 Å². The summed E-state index contributed by atoms with van der Waals surface area (Å²) in [6.07, 6.45) is -0.253. The molecule has 1 atom stereocenters. The Morgan fingerprint density at radius 1 is 1.08 bits per heavy atom. The van der Waals surface area contributed by atoms with E-state index in [-0.39, 0.29) is 30.9 Å². The van der Waals surface area contributed by atoms with E-state index in [1.54, 1.807) is 7.11 Å². The Bertz CT molecular complexity index is 455. The number of piperazine rings is 1. The highest BCUT2D eigenvalue weighted by Gasteiger charge is 2.21. The molecule has 0 spiro atoms. The molecule has 5 nitrogen and oxygen atoms in total. The number of para-hydroxylation sites is 2. The zero-order chi connectivity index (χ0) is 15.9. The van der Waals surface area contributed by atoms with Crippen molar-refractivity contribution in [3.63, 3.8) is 0 Å². The van der Waals surface area contributed by atoms with Gasteiger partial charge in [0, 0.05) is 32.7 Å². The molecule has 0 saturated carbocycles. The van der Waals surface area contributed by atoms with Crippen LogP contribution in [-0.4, -0.2) is 68.7 Å². The van der Waals surface area contributed by atoms with Gasteiger partial charge >= 0.3 is 0 Å². The zero-order valence-electron chi connectivity index (χ0n) is 14.7. The second-order valence-electron chi connectivity index (χ2n) is 6.00. The number of benzene rings is 1. The van der Waals surface area contributed by atoms with Crippen LogP contribution >= 0.6 is 24.8 Å². The smallest absolute Gasteiger partial charge is 0.142 e. The molecule has 1 aliphatic rings. The Morgan fingerprint density at radius 3 is 2.29 bits per heavy atom. The van der Waals surface area contributed by atoms with Gasteiger partial charge in [0.25, 0.3) is 0 Å². The van der Waals surface area contributed by atoms with Crippen molar-refractivity contribution < 1.29 is 14.6 Å². The summed E-state index contributed by atoms with van der Waals surface area (Å²) in [6.45, 7) is 8.82. The molecule has 1 unspecified atom stereocenters. The Kier molecular flexibility index (Phi) is 11.4. The number of anilines is 1. The van der Waals surface area contributed by atoms with E-state index < -0.39 is 6.10 Å². The van der Waals surface area contributed by atoms with Gasteiger partial charge in [-0.15, -0.1) is 24.8 Å². The molecule has 1 heterocycles. The predicted molar refractivity (Wildman–Crippen MR) is 103 cm³/mol. The van der Waals surface area contributed by atoms with Gasteiger partial charge in [0.1, 0.15) is 5.75 Å². The van der Waals surface area contributed by atoms with Crippen LogP contribution in [-0.2, 0) is 4.74 Å². The lowest BCUT2D eigenvalue weighted by Gasteiger charge is -2.37. The topological polar surface area (TPSA) is 45.2 Å². The lowest BCUT2D eigenvalue weighted by Crippen LogP contribution is -2.49. The van der Waals surface area contributed by atoms with Crippen molar-refractivity contribution in [2.75, 3.05) is 51.3 Å². The number of nitrogens with zero attached hydrogens (tertiary/aromatic N) is 2. The van der Waals surface area contributed by atoms with Gasteiger partial charge in [-0.05, 0) is 26.0 Å². The summed E-state index contributed by atoms with van der Waals surface area (Å²) in [6, 6.07) is 8.12. The molecule has 2 rings (SSSR count). The van der Waals surface area contributed by atoms with Crippen molar-refractivity contribution in [2.24, 2.45) is 0 Å². The van der Waals surface area contributed by atoms with Crippen LogP contribution in [0.1, 0.15) is 13.8 Å². The number of ether oxygens (including phenoxy) is 2. The molecule has 7 heteroatoms. The van der Waals surface area contributed by atoms with Gasteiger partial charge in [0.05, 0.1) is 31.6 Å². The molecule has 0 radical (unpaired) electrons. The summed E-state index contributed by atoms with van der Waals surface area (Å²) < 4.78 is 10.9. The standard InChI is InChI=1S/C17H28N2O3.2ClH/c1-14(2)22-13-15(20)12-18-8-10-19(11-9-18)16-6-4-5-7-17(16)21-3;;/h4-7,14-15,20H,8-13H2,1-3H3;2*1H. The number of hydrogen-bond acceptors (Lipinski definition) is 5. The summed E-state index contributed by atoms with van der Waals surface area (Å²) in [4.78, 5) is 4.63. The van der Waals surface area contributed by atoms with E-state index in [0.29, 0.717) is 13.2 Å². The fourth-order valence-electron chi connectivity index (χ4n) is 2.72. The van der Waals surface area contributed by atoms with E-state index in [0.717, 1.165) is 37.6 Å². The van der Waals surface area contributed by atoms with E-state index in [1.807, 2.05) is 32.0 Å². The Hall–Kier alpha value is -0.720. The Labute approximate surface area is 157 Å². The van der Waals surface area contributed by atoms with E-state index in [1.165, 1.54) is 0 Å². The van der Waals surface area contributed by atoms with Crippen LogP contribution in [0.4, 0.5) is 5.69 Å². The molecule has 24 heavy (non-hydrogen) atoms. The van der Waals surface area contributed by atoms with Gasteiger partial charge < -0.3 is 19.5 Å². The highest BCUT2D eigenvalue weighted by Crippen LogP contribution is 2.28. The first-order valence-electron chi connectivity index (χ1n) is 8.00. The first kappa shape index (κ1) is 23.3. The van der Waals surface area contributed by atoms with Crippen LogP contribution in [0.2, 0.25) is 0 Å². The zero-order valence-corrected chi connectivity index (χ0v) is 16.3. The summed E-state index contributed by atoms with van der Waals surface area (Å²) in [5.41, 5.74) is 1.15. The summed E-state index contributed by atoms with van der Waals surface area (Å²) in [5, 5.41) is 10.0. The van der Waals surface area contributed by atoms with E-state index in [4.69, 9.17) is 9.47 Å². The molecular formula is C17H30Cl2N2O3. The normalized spacial score (nSPS) is 16.3. The number of aliphatic hydroxyl groups is 1. The lowest BCUT2D eigenvalue weighted by atomic mass is 10.2. The SMILES string of the molecule is COc1ccccc1N1CCN(CC(O)COC(C)C)CC1.Cl.Cl. The van der Waals surface area contributed by atoms with Crippen molar-refractivity contribution in [3.8, 4) is 5.75 Å². The largest absolute Gasteiger partial charge is 0.495 e. The third-order valence-electron chi connectivity index (χ3n) is 3.89. The number of methoxy groups -OCH3 is 1. The van der Waals surface area contributed by atoms with Crippen molar-refractivity contribution in [2.45, 2.75) is 26.1 Å². The summed E-state index contributed by atoms with van der Waals surface area (Å²) in [7, 11) is 1.71. The second-order valence-corrected chi connectivity index (χ2v) is 6.00. The average molecular weight is 381 g/mol. The van der Waals surface area contributed by atoms with Crippen molar-refractivity contribution in [1.82, 2.24) is 4.90 Å². The molecule has 140 valence electrons. The number of aliphatic hydroxyl groups excluding tert-OH is 1. The first-order valence-corrected chi connectivity index (χ1v) is 8.00. The van der Waals surface area contributed by atoms with Crippen LogP contribution in [0.3, 0.4) is 0 Å². The van der Waals surface area contributed by atoms with Gasteiger partial charge in [-0.3, -0.25) is 4.90 Å². The van der Waals surface area contributed by atoms with Gasteiger partial charge in [0.15, 0.2) is 0 Å². The molecule has 0 aromatic heterocycles. The van der Waals surface area contributed by atoms with Gasteiger partial charge in [-0.1, -0.05) is 12.1 Å². The third-order valence-corrected chi connectivity index (χ3v) is 3.89. The minimum Gasteiger partial charge on any atom is -0.495 e. The fourth-order valence-corrected chi connectivity index (χ4v) is 2.72. The summed E-state index contributed by atoms with van der Waals surface area (Å²) >= 11 is 0. The quantitative estimate of drug-likeness (QED) is 0.786. The van der Waals surface area contributed by atoms with Crippen LogP contribution in [0, 0.1) is 0 Å². The van der Waals surface area contributed by atoms with Gasteiger partial charge in [-0.2, -0.15) is 0 Å². The van der Waals surface area contributed by atoms with Gasteiger partial charge in [-0.25, -0.2) is 0 Å². The highest BCUT2D eigenvalue weighted by atomic mass is 35.5. The van der Waals surface area contributed by atoms with E-state index in [2.05, 4.69) is 15.9 Å². The summed E-state index contributed by atoms with van der Waals surface area (Å²) in [5.74, 6) is 0.918. The van der Waals surface area contributed by atoms with Crippen LogP contribution < -0.4 is 9.64 Å². The van der Waals surface area contributed by atoms with Crippen LogP contribution in [0.25, 0.3) is 0 Å². The number of β-amino-alcohol motifs (C(OH)–C–C–N with tert-alkyl or cyclic N) is 1. The van der Waals surface area contributed by atoms with Crippen molar-refractivity contribution in [3.05, 3.63) is 24.3 Å². The third kappa shape index (κ3) is 7.03. The number of rotatable bonds is 7. The molecule has 1 aromatic rings. The maximum Gasteiger partial charge on any atom is 0.142 e. The predicted octanol–water partition coefficient (Wildman–Crippen LogP) is 2.45. The highest BCUT2D eigenvalue weighted by molar-refractivity contribution is 5.85.